The van der Waals surface area contributed by atoms with Gasteiger partial charge in [-0.25, -0.2) is 4.79 Å². The average molecular weight is 267 g/mol. The monoisotopic (exact) mass is 267 g/mol. The number of hydrogen-bond donors (Lipinski definition) is 2. The first-order chi connectivity index (χ1) is 9.74. The molecule has 0 saturated heterocycles. The molecule has 0 unspecified atom stereocenters. The highest BCUT2D eigenvalue weighted by Gasteiger charge is 2.08. The molecule has 4 nitrogen and oxygen atoms in total. The summed E-state index contributed by atoms with van der Waals surface area (Å²) in [6.45, 7) is 0.561. The van der Waals surface area contributed by atoms with E-state index in [1.165, 1.54) is 0 Å². The van der Waals surface area contributed by atoms with Gasteiger partial charge in [-0.05, 0) is 35.9 Å². The fraction of sp³-hybridized carbons (Fsp3) is 0.0625. The van der Waals surface area contributed by atoms with Crippen LogP contribution in [0.2, 0.25) is 0 Å². The number of para-hydroxylation sites is 1. The van der Waals surface area contributed by atoms with Crippen LogP contribution >= 0.6 is 0 Å². The molecule has 2 N–H and O–H groups in total. The number of carbonyl (C=O) groups is 1. The summed E-state index contributed by atoms with van der Waals surface area (Å²) < 4.78 is 5.29. The molecule has 20 heavy (non-hydrogen) atoms. The minimum absolute atomic E-state index is 0.275. The second-order valence-corrected chi connectivity index (χ2v) is 4.50. The van der Waals surface area contributed by atoms with Gasteiger partial charge in [0.15, 0.2) is 0 Å². The van der Waals surface area contributed by atoms with Gasteiger partial charge in [-0.3, -0.25) is 0 Å². The van der Waals surface area contributed by atoms with Gasteiger partial charge >= 0.3 is 5.97 Å². The van der Waals surface area contributed by atoms with Crippen molar-refractivity contribution in [2.45, 2.75) is 6.54 Å². The second kappa shape index (κ2) is 5.09. The van der Waals surface area contributed by atoms with Gasteiger partial charge in [-0.15, -0.1) is 0 Å². The summed E-state index contributed by atoms with van der Waals surface area (Å²) >= 11 is 0. The molecular weight excluding hydrogens is 254 g/mol. The van der Waals surface area contributed by atoms with E-state index in [-0.39, 0.29) is 5.56 Å². The summed E-state index contributed by atoms with van der Waals surface area (Å²) in [4.78, 5) is 11.1. The molecule has 1 aromatic heterocycles. The number of furan rings is 1. The van der Waals surface area contributed by atoms with Crippen LogP contribution in [-0.4, -0.2) is 11.1 Å². The molecular formula is C16H13NO3. The third-order valence-electron chi connectivity index (χ3n) is 3.16. The van der Waals surface area contributed by atoms with Crippen LogP contribution in [0.15, 0.2) is 59.2 Å². The number of nitrogens with one attached hydrogen (secondary N) is 1. The Morgan fingerprint density at radius 1 is 1.15 bits per heavy atom. The van der Waals surface area contributed by atoms with Gasteiger partial charge in [0.1, 0.15) is 5.58 Å². The number of benzene rings is 2. The van der Waals surface area contributed by atoms with E-state index in [0.717, 1.165) is 16.5 Å². The molecule has 3 rings (SSSR count). The van der Waals surface area contributed by atoms with Crippen molar-refractivity contribution in [1.82, 2.24) is 0 Å². The Labute approximate surface area is 115 Å². The highest BCUT2D eigenvalue weighted by atomic mass is 16.4. The molecule has 0 amide bonds. The molecule has 100 valence electrons. The second-order valence-electron chi connectivity index (χ2n) is 4.50. The average Bonchev–Trinajstić information content (AvgIpc) is 2.92. The maximum Gasteiger partial charge on any atom is 0.337 e. The number of fused-ring (bicyclic) bond motifs is 1. The topological polar surface area (TPSA) is 62.5 Å². The summed E-state index contributed by atoms with van der Waals surface area (Å²) in [6, 6.07) is 14.7. The first-order valence-electron chi connectivity index (χ1n) is 6.26. The van der Waals surface area contributed by atoms with Gasteiger partial charge in [0.25, 0.3) is 0 Å². The van der Waals surface area contributed by atoms with Crippen LogP contribution in [0.4, 0.5) is 5.69 Å². The van der Waals surface area contributed by atoms with Crippen molar-refractivity contribution in [3.05, 3.63) is 65.9 Å². The van der Waals surface area contributed by atoms with Crippen molar-refractivity contribution in [2.24, 2.45) is 0 Å². The highest BCUT2D eigenvalue weighted by molar-refractivity contribution is 5.94. The van der Waals surface area contributed by atoms with Crippen LogP contribution in [0, 0.1) is 0 Å². The van der Waals surface area contributed by atoms with Crippen LogP contribution in [0.25, 0.3) is 11.0 Å². The third kappa shape index (κ3) is 2.36. The summed E-state index contributed by atoms with van der Waals surface area (Å²) in [5.74, 6) is -0.932. The van der Waals surface area contributed by atoms with E-state index in [4.69, 9.17) is 9.52 Å². The lowest BCUT2D eigenvalue weighted by atomic mass is 10.1. The lowest BCUT2D eigenvalue weighted by Crippen LogP contribution is -2.06. The van der Waals surface area contributed by atoms with Crippen molar-refractivity contribution < 1.29 is 14.3 Å². The lowest BCUT2D eigenvalue weighted by Gasteiger charge is -2.09. The van der Waals surface area contributed by atoms with Gasteiger partial charge < -0.3 is 14.8 Å². The molecule has 2 aromatic carbocycles. The summed E-state index contributed by atoms with van der Waals surface area (Å²) in [5.41, 5.74) is 2.81. The molecule has 0 radical (unpaired) electrons. The Kier molecular flexibility index (Phi) is 3.13. The van der Waals surface area contributed by atoms with E-state index >= 15 is 0 Å². The summed E-state index contributed by atoms with van der Waals surface area (Å²) in [5, 5.41) is 13.3. The molecule has 4 heteroatoms. The van der Waals surface area contributed by atoms with E-state index < -0.39 is 5.97 Å². The van der Waals surface area contributed by atoms with Crippen molar-refractivity contribution in [1.29, 1.82) is 0 Å². The minimum Gasteiger partial charge on any atom is -0.478 e. The van der Waals surface area contributed by atoms with Crippen LogP contribution < -0.4 is 5.32 Å². The summed E-state index contributed by atoms with van der Waals surface area (Å²) in [7, 11) is 0. The number of aromatic carboxylic acids is 1. The molecule has 0 saturated carbocycles. The van der Waals surface area contributed by atoms with Crippen LogP contribution in [0.3, 0.4) is 0 Å². The summed E-state index contributed by atoms with van der Waals surface area (Å²) in [6.07, 6.45) is 1.65. The number of carboxylic acid groups (broad SMARTS) is 1. The smallest absolute Gasteiger partial charge is 0.337 e. The van der Waals surface area contributed by atoms with E-state index in [1.807, 2.05) is 30.3 Å². The van der Waals surface area contributed by atoms with Crippen LogP contribution in [0.5, 0.6) is 0 Å². The van der Waals surface area contributed by atoms with Crippen LogP contribution in [0.1, 0.15) is 15.9 Å². The molecule has 0 atom stereocenters. The fourth-order valence-electron chi connectivity index (χ4n) is 2.15. The standard InChI is InChI=1S/C16H13NO3/c18-16(19)13-3-1-2-4-14(13)17-10-11-5-6-15-12(9-11)7-8-20-15/h1-9,17H,10H2,(H,18,19). The van der Waals surface area contributed by atoms with Crippen molar-refractivity contribution >= 4 is 22.6 Å². The van der Waals surface area contributed by atoms with Crippen LogP contribution in [-0.2, 0) is 6.54 Å². The van der Waals surface area contributed by atoms with E-state index in [9.17, 15) is 4.79 Å². The maximum absolute atomic E-state index is 11.1. The number of hydrogen-bond acceptors (Lipinski definition) is 3. The Balaban J connectivity index is 1.80. The predicted octanol–water partition coefficient (Wildman–Crippen LogP) is 3.74. The van der Waals surface area contributed by atoms with Gasteiger partial charge in [0.05, 0.1) is 11.8 Å². The molecule has 0 fully saturated rings. The first-order valence-corrected chi connectivity index (χ1v) is 6.26. The largest absolute Gasteiger partial charge is 0.478 e. The Morgan fingerprint density at radius 3 is 2.85 bits per heavy atom. The quantitative estimate of drug-likeness (QED) is 0.755. The maximum atomic E-state index is 11.1. The molecule has 3 aromatic rings. The number of carboxylic acids is 1. The van der Waals surface area contributed by atoms with E-state index in [1.54, 1.807) is 24.5 Å². The molecule has 0 spiro atoms. The van der Waals surface area contributed by atoms with Crippen molar-refractivity contribution in [2.75, 3.05) is 5.32 Å². The SMILES string of the molecule is O=C(O)c1ccccc1NCc1ccc2occc2c1. The Bertz CT molecular complexity index is 761. The molecule has 0 aliphatic carbocycles. The van der Waals surface area contributed by atoms with Gasteiger partial charge in [-0.1, -0.05) is 18.2 Å². The van der Waals surface area contributed by atoms with Crippen molar-refractivity contribution in [3.63, 3.8) is 0 Å². The Morgan fingerprint density at radius 2 is 2.00 bits per heavy atom. The zero-order valence-electron chi connectivity index (χ0n) is 10.7. The zero-order chi connectivity index (χ0) is 13.9. The predicted molar refractivity (Wildman–Crippen MR) is 76.9 cm³/mol. The number of anilines is 1. The highest BCUT2D eigenvalue weighted by Crippen LogP contribution is 2.19. The van der Waals surface area contributed by atoms with E-state index in [2.05, 4.69) is 5.32 Å². The molecule has 0 aliphatic heterocycles. The zero-order valence-corrected chi connectivity index (χ0v) is 10.7. The fourth-order valence-corrected chi connectivity index (χ4v) is 2.15. The van der Waals surface area contributed by atoms with Gasteiger partial charge in [-0.2, -0.15) is 0 Å². The lowest BCUT2D eigenvalue weighted by molar-refractivity contribution is 0.0698. The van der Waals surface area contributed by atoms with E-state index in [0.29, 0.717) is 12.2 Å². The van der Waals surface area contributed by atoms with Gasteiger partial charge in [0, 0.05) is 17.6 Å². The Hall–Kier alpha value is -2.75. The minimum atomic E-state index is -0.932. The molecule has 0 bridgehead atoms. The van der Waals surface area contributed by atoms with Gasteiger partial charge in [0.2, 0.25) is 0 Å². The normalized spacial score (nSPS) is 10.6. The number of rotatable bonds is 4. The molecule has 0 aliphatic rings. The van der Waals surface area contributed by atoms with Crippen molar-refractivity contribution in [3.8, 4) is 0 Å². The first kappa shape index (κ1) is 12.3. The molecule has 1 heterocycles. The third-order valence-corrected chi connectivity index (χ3v) is 3.16.